The van der Waals surface area contributed by atoms with Crippen LogP contribution in [0.25, 0.3) is 0 Å². The molecule has 0 N–H and O–H groups in total. The smallest absolute Gasteiger partial charge is 0.237 e. The molecule has 0 atom stereocenters. The standard InChI is InChI=1S/C8H7F3N2/c1-3-4-7(8(9,10)11)13-6(2)5-12/h3-4H,1H2,2H3/b7-4-,13-6?. The minimum atomic E-state index is -4.55. The Labute approximate surface area is 73.7 Å². The fourth-order valence-corrected chi connectivity index (χ4v) is 0.512. The molecule has 0 aliphatic rings. The van der Waals surface area contributed by atoms with Crippen LogP contribution in [-0.4, -0.2) is 11.9 Å². The fourth-order valence-electron chi connectivity index (χ4n) is 0.512. The Morgan fingerprint density at radius 3 is 2.38 bits per heavy atom. The van der Waals surface area contributed by atoms with Crippen molar-refractivity contribution in [3.63, 3.8) is 0 Å². The number of nitrogens with zero attached hydrogens (tertiary/aromatic N) is 2. The van der Waals surface area contributed by atoms with Crippen molar-refractivity contribution in [1.29, 1.82) is 5.26 Å². The Morgan fingerprint density at radius 1 is 1.54 bits per heavy atom. The van der Waals surface area contributed by atoms with Crippen LogP contribution in [0.2, 0.25) is 0 Å². The minimum Gasteiger partial charge on any atom is -0.237 e. The van der Waals surface area contributed by atoms with E-state index in [1.165, 1.54) is 13.0 Å². The molecule has 0 aromatic heterocycles. The number of allylic oxidation sites excluding steroid dienone is 3. The SMILES string of the molecule is C=C/C=C(\N=C(C)C#N)C(F)(F)F. The van der Waals surface area contributed by atoms with Crippen LogP contribution in [0.3, 0.4) is 0 Å². The average Bonchev–Trinajstić information content (AvgIpc) is 2.01. The summed E-state index contributed by atoms with van der Waals surface area (Å²) in [5.41, 5.74) is -1.37. The van der Waals surface area contributed by atoms with Crippen molar-refractivity contribution >= 4 is 5.71 Å². The molecule has 5 heteroatoms. The van der Waals surface area contributed by atoms with Crippen molar-refractivity contribution < 1.29 is 13.2 Å². The molecule has 0 saturated heterocycles. The summed E-state index contributed by atoms with van der Waals surface area (Å²) in [5, 5.41) is 8.22. The molecular weight excluding hydrogens is 181 g/mol. The highest BCUT2D eigenvalue weighted by atomic mass is 19.4. The van der Waals surface area contributed by atoms with Crippen LogP contribution >= 0.6 is 0 Å². The van der Waals surface area contributed by atoms with Gasteiger partial charge in [0, 0.05) is 0 Å². The van der Waals surface area contributed by atoms with E-state index in [0.29, 0.717) is 6.08 Å². The van der Waals surface area contributed by atoms with Gasteiger partial charge in [-0.3, -0.25) is 0 Å². The molecule has 0 fully saturated rings. The molecule has 13 heavy (non-hydrogen) atoms. The van der Waals surface area contributed by atoms with E-state index in [0.717, 1.165) is 6.08 Å². The summed E-state index contributed by atoms with van der Waals surface area (Å²) in [5.74, 6) is 0. The number of halogens is 3. The van der Waals surface area contributed by atoms with Gasteiger partial charge in [-0.15, -0.1) is 0 Å². The van der Waals surface area contributed by atoms with Crippen molar-refractivity contribution in [2.24, 2.45) is 4.99 Å². The largest absolute Gasteiger partial charge is 0.433 e. The van der Waals surface area contributed by atoms with Crippen molar-refractivity contribution in [2.75, 3.05) is 0 Å². The number of alkyl halides is 3. The zero-order chi connectivity index (χ0) is 10.5. The van der Waals surface area contributed by atoms with Crippen molar-refractivity contribution in [3.8, 4) is 6.07 Å². The maximum absolute atomic E-state index is 12.1. The van der Waals surface area contributed by atoms with Gasteiger partial charge in [-0.2, -0.15) is 18.4 Å². The predicted octanol–water partition coefficient (Wildman–Crippen LogP) is 2.60. The molecule has 0 heterocycles. The minimum absolute atomic E-state index is 0.245. The van der Waals surface area contributed by atoms with E-state index in [9.17, 15) is 13.2 Å². The van der Waals surface area contributed by atoms with E-state index in [4.69, 9.17) is 5.26 Å². The second-order valence-corrected chi connectivity index (χ2v) is 2.09. The van der Waals surface area contributed by atoms with E-state index in [1.54, 1.807) is 0 Å². The van der Waals surface area contributed by atoms with Crippen LogP contribution in [0.1, 0.15) is 6.92 Å². The highest BCUT2D eigenvalue weighted by Gasteiger charge is 2.33. The average molecular weight is 188 g/mol. The summed E-state index contributed by atoms with van der Waals surface area (Å²) in [6.45, 7) is 4.32. The molecule has 0 rings (SSSR count). The van der Waals surface area contributed by atoms with Crippen LogP contribution in [-0.2, 0) is 0 Å². The third-order valence-corrected chi connectivity index (χ3v) is 1.02. The topological polar surface area (TPSA) is 36.1 Å². The second kappa shape index (κ2) is 4.45. The first-order chi connectivity index (χ1) is 5.91. The lowest BCUT2D eigenvalue weighted by molar-refractivity contribution is -0.0922. The van der Waals surface area contributed by atoms with Gasteiger partial charge in [0.05, 0.1) is 0 Å². The van der Waals surface area contributed by atoms with Crippen LogP contribution in [0.4, 0.5) is 13.2 Å². The third-order valence-electron chi connectivity index (χ3n) is 1.02. The normalized spacial score (nSPS) is 13.8. The first-order valence-corrected chi connectivity index (χ1v) is 3.27. The lowest BCUT2D eigenvalue weighted by atomic mass is 10.3. The Morgan fingerprint density at radius 2 is 2.08 bits per heavy atom. The summed E-state index contributed by atoms with van der Waals surface area (Å²) in [6.07, 6.45) is -2.87. The summed E-state index contributed by atoms with van der Waals surface area (Å²) < 4.78 is 36.2. The molecule has 0 unspecified atom stereocenters. The Kier molecular flexibility index (Phi) is 3.92. The number of nitriles is 1. The number of hydrogen-bond acceptors (Lipinski definition) is 2. The van der Waals surface area contributed by atoms with Crippen LogP contribution in [0, 0.1) is 11.3 Å². The molecule has 0 aromatic carbocycles. The van der Waals surface area contributed by atoms with Gasteiger partial charge in [-0.25, -0.2) is 4.99 Å². The fraction of sp³-hybridized carbons (Fsp3) is 0.250. The van der Waals surface area contributed by atoms with E-state index in [2.05, 4.69) is 11.6 Å². The molecule has 0 bridgehead atoms. The second-order valence-electron chi connectivity index (χ2n) is 2.09. The molecule has 0 aliphatic carbocycles. The monoisotopic (exact) mass is 188 g/mol. The molecular formula is C8H7F3N2. The van der Waals surface area contributed by atoms with Gasteiger partial charge < -0.3 is 0 Å². The zero-order valence-electron chi connectivity index (χ0n) is 6.89. The van der Waals surface area contributed by atoms with Gasteiger partial charge in [0.15, 0.2) is 0 Å². The van der Waals surface area contributed by atoms with Gasteiger partial charge in [0.25, 0.3) is 0 Å². The quantitative estimate of drug-likeness (QED) is 0.484. The zero-order valence-corrected chi connectivity index (χ0v) is 6.89. The summed E-state index contributed by atoms with van der Waals surface area (Å²) >= 11 is 0. The Bertz CT molecular complexity index is 291. The van der Waals surface area contributed by atoms with E-state index >= 15 is 0 Å². The lowest BCUT2D eigenvalue weighted by Crippen LogP contribution is -2.11. The van der Waals surface area contributed by atoms with E-state index in [1.807, 2.05) is 0 Å². The van der Waals surface area contributed by atoms with Crippen LogP contribution in [0.5, 0.6) is 0 Å². The molecule has 2 nitrogen and oxygen atoms in total. The van der Waals surface area contributed by atoms with E-state index in [-0.39, 0.29) is 5.71 Å². The number of aliphatic imine (C=N–C) groups is 1. The van der Waals surface area contributed by atoms with Crippen LogP contribution < -0.4 is 0 Å². The third kappa shape index (κ3) is 4.11. The molecule has 0 radical (unpaired) electrons. The van der Waals surface area contributed by atoms with Gasteiger partial charge in [0.1, 0.15) is 17.5 Å². The highest BCUT2D eigenvalue weighted by Crippen LogP contribution is 2.26. The first kappa shape index (κ1) is 11.4. The Balaban J connectivity index is 5.00. The van der Waals surface area contributed by atoms with Crippen molar-refractivity contribution in [2.45, 2.75) is 13.1 Å². The predicted molar refractivity (Wildman–Crippen MR) is 43.1 cm³/mol. The van der Waals surface area contributed by atoms with Gasteiger partial charge in [-0.05, 0) is 13.0 Å². The summed E-state index contributed by atoms with van der Waals surface area (Å²) in [6, 6.07) is 1.50. The number of hydrogen-bond donors (Lipinski definition) is 0. The Hall–Kier alpha value is -1.57. The van der Waals surface area contributed by atoms with Crippen molar-refractivity contribution in [3.05, 3.63) is 24.4 Å². The highest BCUT2D eigenvalue weighted by molar-refractivity contribution is 5.97. The molecule has 70 valence electrons. The molecule has 0 saturated carbocycles. The van der Waals surface area contributed by atoms with E-state index < -0.39 is 11.9 Å². The molecule has 0 spiro atoms. The lowest BCUT2D eigenvalue weighted by Gasteiger charge is -2.05. The molecule has 0 aliphatic heterocycles. The van der Waals surface area contributed by atoms with Crippen LogP contribution in [0.15, 0.2) is 29.4 Å². The van der Waals surface area contributed by atoms with Gasteiger partial charge >= 0.3 is 6.18 Å². The van der Waals surface area contributed by atoms with Gasteiger partial charge in [-0.1, -0.05) is 12.7 Å². The molecule has 0 amide bonds. The summed E-state index contributed by atoms with van der Waals surface area (Å²) in [7, 11) is 0. The van der Waals surface area contributed by atoms with Crippen molar-refractivity contribution in [1.82, 2.24) is 0 Å². The summed E-state index contributed by atoms with van der Waals surface area (Å²) in [4.78, 5) is 3.08. The first-order valence-electron chi connectivity index (χ1n) is 3.27. The van der Waals surface area contributed by atoms with Gasteiger partial charge in [0.2, 0.25) is 0 Å². The maximum atomic E-state index is 12.1. The maximum Gasteiger partial charge on any atom is 0.433 e. The number of rotatable bonds is 2. The molecule has 0 aromatic rings.